The van der Waals surface area contributed by atoms with Gasteiger partial charge in [-0.2, -0.15) is 0 Å². The van der Waals surface area contributed by atoms with E-state index in [2.05, 4.69) is 6.92 Å². The third-order valence-corrected chi connectivity index (χ3v) is 10.3. The average Bonchev–Trinajstić information content (AvgIpc) is 3.08. The molecule has 0 aromatic heterocycles. The molecule has 13 heteroatoms. The predicted octanol–water partition coefficient (Wildman–Crippen LogP) is 4.33. The number of unbranched alkanes of at least 4 members (excludes halogenated alkanes) is 4. The molecule has 6 bridgehead atoms. The Labute approximate surface area is 302 Å². The van der Waals surface area contributed by atoms with E-state index in [9.17, 15) is 29.7 Å². The van der Waals surface area contributed by atoms with Crippen LogP contribution in [0, 0.1) is 5.41 Å². The maximum Gasteiger partial charge on any atom is 0.330 e. The van der Waals surface area contributed by atoms with Gasteiger partial charge in [-0.3, -0.25) is 9.59 Å². The fraction of sp³-hybridized carbons (Fsp3) is 0.816. The number of methoxy groups -OCH3 is 1. The van der Waals surface area contributed by atoms with Crippen LogP contribution < -0.4 is 0 Å². The van der Waals surface area contributed by atoms with Crippen LogP contribution in [0.25, 0.3) is 0 Å². The Bertz CT molecular complexity index is 1200. The summed E-state index contributed by atoms with van der Waals surface area (Å²) in [6.07, 6.45) is 7.50. The molecule has 0 spiro atoms. The highest BCUT2D eigenvalue weighted by molar-refractivity contribution is 5.83. The lowest BCUT2D eigenvalue weighted by atomic mass is 9.74. The number of aliphatic hydroxyl groups is 3. The van der Waals surface area contributed by atoms with E-state index in [1.807, 2.05) is 0 Å². The van der Waals surface area contributed by atoms with Crippen LogP contribution in [0.4, 0.5) is 0 Å². The van der Waals surface area contributed by atoms with Gasteiger partial charge in [-0.15, -0.1) is 0 Å². The first-order chi connectivity index (χ1) is 24.3. The Morgan fingerprint density at radius 2 is 1.71 bits per heavy atom. The van der Waals surface area contributed by atoms with Crippen molar-refractivity contribution in [3.63, 3.8) is 0 Å². The normalized spacial score (nSPS) is 36.4. The molecule has 51 heavy (non-hydrogen) atoms. The van der Waals surface area contributed by atoms with Gasteiger partial charge in [-0.05, 0) is 56.6 Å². The number of cyclic esters (lactones) is 1. The van der Waals surface area contributed by atoms with Crippen LogP contribution >= 0.6 is 0 Å². The fourth-order valence-corrected chi connectivity index (χ4v) is 7.38. The Kier molecular flexibility index (Phi) is 15.9. The van der Waals surface area contributed by atoms with E-state index in [0.29, 0.717) is 25.9 Å². The van der Waals surface area contributed by atoms with Gasteiger partial charge in [0.25, 0.3) is 0 Å². The molecule has 0 amide bonds. The second kappa shape index (κ2) is 19.6. The summed E-state index contributed by atoms with van der Waals surface area (Å²) in [5.41, 5.74) is -1.04. The van der Waals surface area contributed by atoms with Gasteiger partial charge in [0.2, 0.25) is 5.79 Å². The van der Waals surface area contributed by atoms with Gasteiger partial charge < -0.3 is 48.5 Å². The van der Waals surface area contributed by atoms with Crippen molar-refractivity contribution >= 4 is 17.9 Å². The molecule has 0 radical (unpaired) electrons. The number of carbonyl (C=O) groups is 3. The van der Waals surface area contributed by atoms with Gasteiger partial charge in [-0.25, -0.2) is 4.79 Å². The first-order valence-electron chi connectivity index (χ1n) is 18.8. The molecule has 0 aliphatic carbocycles. The fourth-order valence-electron chi connectivity index (χ4n) is 7.38. The zero-order valence-corrected chi connectivity index (χ0v) is 30.8. The maximum absolute atomic E-state index is 13.3. The maximum atomic E-state index is 13.3. The zero-order chi connectivity index (χ0) is 37.0. The molecule has 9 atom stereocenters. The molecular weight excluding hydrogens is 664 g/mol. The second-order valence-corrected chi connectivity index (χ2v) is 15.0. The molecule has 4 aliphatic heterocycles. The van der Waals surface area contributed by atoms with Gasteiger partial charge in [0.05, 0.1) is 57.3 Å². The summed E-state index contributed by atoms with van der Waals surface area (Å²) in [5, 5.41) is 33.6. The minimum Gasteiger partial charge on any atom is -0.466 e. The Morgan fingerprint density at radius 3 is 2.43 bits per heavy atom. The van der Waals surface area contributed by atoms with E-state index in [1.54, 1.807) is 26.0 Å². The van der Waals surface area contributed by atoms with Crippen molar-refractivity contribution in [1.82, 2.24) is 0 Å². The summed E-state index contributed by atoms with van der Waals surface area (Å²) in [7, 11) is 1.22. The van der Waals surface area contributed by atoms with E-state index in [4.69, 9.17) is 33.2 Å². The number of aliphatic hydroxyl groups excluding tert-OH is 2. The molecule has 13 nitrogen and oxygen atoms in total. The second-order valence-electron chi connectivity index (χ2n) is 15.0. The van der Waals surface area contributed by atoms with Crippen LogP contribution in [0.15, 0.2) is 23.8 Å². The minimum absolute atomic E-state index is 0.000953. The molecule has 4 heterocycles. The lowest BCUT2D eigenvalue weighted by molar-refractivity contribution is -0.327. The largest absolute Gasteiger partial charge is 0.466 e. The van der Waals surface area contributed by atoms with Crippen molar-refractivity contribution in [1.29, 1.82) is 0 Å². The lowest BCUT2D eigenvalue weighted by Crippen LogP contribution is -2.62. The summed E-state index contributed by atoms with van der Waals surface area (Å²) >= 11 is 0. The number of hydrogen-bond donors (Lipinski definition) is 3. The number of ether oxygens (including phenoxy) is 7. The third kappa shape index (κ3) is 12.1. The Hall–Kier alpha value is -2.39. The number of carbonyl (C=O) groups excluding carboxylic acids is 3. The van der Waals surface area contributed by atoms with Gasteiger partial charge in [0.15, 0.2) is 12.4 Å². The molecule has 0 aromatic carbocycles. The first kappa shape index (κ1) is 41.4. The zero-order valence-electron chi connectivity index (χ0n) is 30.8. The highest BCUT2D eigenvalue weighted by Gasteiger charge is 2.57. The molecule has 3 fully saturated rings. The van der Waals surface area contributed by atoms with Crippen LogP contribution in [-0.4, -0.2) is 108 Å². The SMILES string of the molecule is CCCCCCCC(=O)O[C@H]1/C(=C/C(=O)OC)C[C@H]2C[C@H](CO)OC(=O)C[C@@H](O)C[C@@H]3CCCC(CC4CCO[C@H](/C=C\C(C)(C)[C@]1(O)O2)O4)O3. The number of hydrogen-bond acceptors (Lipinski definition) is 13. The summed E-state index contributed by atoms with van der Waals surface area (Å²) in [4.78, 5) is 38.9. The monoisotopic (exact) mass is 724 g/mol. The molecule has 0 saturated carbocycles. The molecule has 3 N–H and O–H groups in total. The van der Waals surface area contributed by atoms with Gasteiger partial charge in [-0.1, -0.05) is 52.5 Å². The highest BCUT2D eigenvalue weighted by Crippen LogP contribution is 2.47. The van der Waals surface area contributed by atoms with E-state index in [0.717, 1.165) is 44.9 Å². The molecule has 0 aromatic rings. The first-order valence-corrected chi connectivity index (χ1v) is 18.8. The van der Waals surface area contributed by atoms with Crippen LogP contribution in [0.1, 0.15) is 117 Å². The summed E-state index contributed by atoms with van der Waals surface area (Å²) in [6.45, 7) is 5.42. The van der Waals surface area contributed by atoms with E-state index in [1.165, 1.54) is 13.2 Å². The Morgan fingerprint density at radius 1 is 0.980 bits per heavy atom. The molecular formula is C38H60O13. The van der Waals surface area contributed by atoms with Gasteiger partial charge in [0, 0.05) is 30.8 Å². The number of fused-ring (bicyclic) bond motifs is 6. The molecule has 4 aliphatic rings. The van der Waals surface area contributed by atoms with Crippen molar-refractivity contribution in [2.45, 2.75) is 172 Å². The van der Waals surface area contributed by atoms with E-state index in [-0.39, 0.29) is 56.0 Å². The summed E-state index contributed by atoms with van der Waals surface area (Å²) in [5.74, 6) is -4.21. The van der Waals surface area contributed by atoms with Crippen LogP contribution in [-0.2, 0) is 47.5 Å². The van der Waals surface area contributed by atoms with E-state index >= 15 is 0 Å². The van der Waals surface area contributed by atoms with Crippen molar-refractivity contribution in [3.05, 3.63) is 23.8 Å². The standard InChI is InChI=1S/C38H60O13/c1-5-6-7-8-9-13-32(41)50-36-25(19-33(42)45-4)18-30-23-31(24-39)48-34(43)21-26(40)20-27-11-10-12-28(47-27)22-29-15-17-46-35(49-29)14-16-37(2,3)38(36,44)51-30/h14,16,19,26-31,35-36,39-40,44H,5-13,15,17-18,20-24H2,1-4H3/b16-14-,25-19+/t26-,27-,28?,29?,30-,31+,35-,36-,38+/m0/s1. The number of rotatable bonds is 9. The lowest BCUT2D eigenvalue weighted by Gasteiger charge is -2.51. The molecule has 2 unspecified atom stereocenters. The quantitative estimate of drug-likeness (QED) is 0.101. The third-order valence-electron chi connectivity index (χ3n) is 10.3. The summed E-state index contributed by atoms with van der Waals surface area (Å²) in [6, 6.07) is 0. The molecule has 4 rings (SSSR count). The van der Waals surface area contributed by atoms with Crippen molar-refractivity contribution in [2.24, 2.45) is 5.41 Å². The molecule has 290 valence electrons. The topological polar surface area (TPSA) is 177 Å². The van der Waals surface area contributed by atoms with Crippen molar-refractivity contribution in [2.75, 3.05) is 20.3 Å². The smallest absolute Gasteiger partial charge is 0.330 e. The predicted molar refractivity (Wildman–Crippen MR) is 184 cm³/mol. The summed E-state index contributed by atoms with van der Waals surface area (Å²) < 4.78 is 41.4. The van der Waals surface area contributed by atoms with Crippen LogP contribution in [0.5, 0.6) is 0 Å². The van der Waals surface area contributed by atoms with Gasteiger partial charge >= 0.3 is 17.9 Å². The van der Waals surface area contributed by atoms with Crippen molar-refractivity contribution in [3.8, 4) is 0 Å². The minimum atomic E-state index is -2.25. The molecule has 3 saturated heterocycles. The van der Waals surface area contributed by atoms with Crippen LogP contribution in [0.2, 0.25) is 0 Å². The van der Waals surface area contributed by atoms with Crippen molar-refractivity contribution < 1.29 is 62.9 Å². The average molecular weight is 725 g/mol. The van der Waals surface area contributed by atoms with Crippen LogP contribution in [0.3, 0.4) is 0 Å². The van der Waals surface area contributed by atoms with Gasteiger partial charge in [0.1, 0.15) is 6.10 Å². The number of esters is 3. The van der Waals surface area contributed by atoms with E-state index < -0.39 is 66.4 Å². The highest BCUT2D eigenvalue weighted by atomic mass is 16.7. The Balaban J connectivity index is 1.68.